The predicted molar refractivity (Wildman–Crippen MR) is 77.5 cm³/mol. The molecule has 2 fully saturated rings. The number of halogens is 1. The van der Waals surface area contributed by atoms with Crippen molar-refractivity contribution in [2.75, 3.05) is 44.3 Å². The summed E-state index contributed by atoms with van der Waals surface area (Å²) >= 11 is 3.33. The van der Waals surface area contributed by atoms with E-state index in [0.29, 0.717) is 13.2 Å². The van der Waals surface area contributed by atoms with E-state index in [1.54, 1.807) is 12.4 Å². The van der Waals surface area contributed by atoms with Gasteiger partial charge in [-0.15, -0.1) is 0 Å². The van der Waals surface area contributed by atoms with Gasteiger partial charge in [0.05, 0.1) is 17.0 Å². The van der Waals surface area contributed by atoms with Crippen molar-refractivity contribution in [3.8, 4) is 0 Å². The van der Waals surface area contributed by atoms with Crippen molar-refractivity contribution in [2.24, 2.45) is 5.92 Å². The Bertz CT molecular complexity index is 468. The standard InChI is InChI=1S/C13H17BrN4O2/c14-11-7-15-13(16-8-11)18-4-2-17(3-5-18)12(19)10-1-6-20-9-10/h7-8,10H,1-6,9H2/t10-/m1/s1. The second-order valence-corrected chi connectivity index (χ2v) is 5.99. The Morgan fingerprint density at radius 1 is 1.25 bits per heavy atom. The van der Waals surface area contributed by atoms with Crippen LogP contribution >= 0.6 is 15.9 Å². The monoisotopic (exact) mass is 340 g/mol. The molecule has 0 spiro atoms. The minimum atomic E-state index is 0.0606. The van der Waals surface area contributed by atoms with Crippen LogP contribution in [0.15, 0.2) is 16.9 Å². The van der Waals surface area contributed by atoms with Crippen LogP contribution in [0.4, 0.5) is 5.95 Å². The molecule has 1 amide bonds. The van der Waals surface area contributed by atoms with Crippen LogP contribution in [-0.2, 0) is 9.53 Å². The molecule has 1 atom stereocenters. The first-order valence-corrected chi connectivity index (χ1v) is 7.62. The van der Waals surface area contributed by atoms with Crippen molar-refractivity contribution < 1.29 is 9.53 Å². The lowest BCUT2D eigenvalue weighted by atomic mass is 10.1. The van der Waals surface area contributed by atoms with E-state index < -0.39 is 0 Å². The molecule has 2 aliphatic heterocycles. The molecule has 3 heterocycles. The van der Waals surface area contributed by atoms with E-state index in [2.05, 4.69) is 30.8 Å². The molecule has 1 aromatic rings. The normalized spacial score (nSPS) is 23.1. The van der Waals surface area contributed by atoms with Crippen molar-refractivity contribution >= 4 is 27.8 Å². The number of anilines is 1. The van der Waals surface area contributed by atoms with Gasteiger partial charge >= 0.3 is 0 Å². The Kier molecular flexibility index (Phi) is 4.16. The third kappa shape index (κ3) is 2.93. The highest BCUT2D eigenvalue weighted by Gasteiger charge is 2.30. The molecule has 0 saturated carbocycles. The van der Waals surface area contributed by atoms with Crippen LogP contribution in [0.3, 0.4) is 0 Å². The van der Waals surface area contributed by atoms with Gasteiger partial charge < -0.3 is 14.5 Å². The number of carbonyl (C=O) groups excluding carboxylic acids is 1. The molecule has 0 aliphatic carbocycles. The molecule has 2 saturated heterocycles. The lowest BCUT2D eigenvalue weighted by molar-refractivity contribution is -0.135. The zero-order chi connectivity index (χ0) is 13.9. The number of hydrogen-bond donors (Lipinski definition) is 0. The summed E-state index contributed by atoms with van der Waals surface area (Å²) in [4.78, 5) is 24.9. The van der Waals surface area contributed by atoms with Crippen molar-refractivity contribution in [1.82, 2.24) is 14.9 Å². The summed E-state index contributed by atoms with van der Waals surface area (Å²) in [7, 11) is 0. The predicted octanol–water partition coefficient (Wildman–Crippen LogP) is 0.924. The zero-order valence-corrected chi connectivity index (χ0v) is 12.8. The Hall–Kier alpha value is -1.21. The molecule has 0 bridgehead atoms. The molecule has 6 nitrogen and oxygen atoms in total. The second-order valence-electron chi connectivity index (χ2n) is 5.07. The van der Waals surface area contributed by atoms with Crippen molar-refractivity contribution in [3.63, 3.8) is 0 Å². The molecule has 0 N–H and O–H groups in total. The van der Waals surface area contributed by atoms with Crippen LogP contribution in [0.1, 0.15) is 6.42 Å². The van der Waals surface area contributed by atoms with Gasteiger partial charge in [-0.1, -0.05) is 0 Å². The maximum Gasteiger partial charge on any atom is 0.228 e. The zero-order valence-electron chi connectivity index (χ0n) is 11.2. The average Bonchev–Trinajstić information content (AvgIpc) is 3.02. The number of rotatable bonds is 2. The summed E-state index contributed by atoms with van der Waals surface area (Å²) in [6, 6.07) is 0. The number of nitrogens with zero attached hydrogens (tertiary/aromatic N) is 4. The van der Waals surface area contributed by atoms with Crippen LogP contribution in [0.5, 0.6) is 0 Å². The SMILES string of the molecule is O=C([C@@H]1CCOC1)N1CCN(c2ncc(Br)cn2)CC1. The summed E-state index contributed by atoms with van der Waals surface area (Å²) in [6.45, 7) is 4.31. The maximum absolute atomic E-state index is 12.3. The molecular weight excluding hydrogens is 324 g/mol. The van der Waals surface area contributed by atoms with Crippen LogP contribution in [-0.4, -0.2) is 60.2 Å². The molecule has 2 aliphatic rings. The Morgan fingerprint density at radius 2 is 1.95 bits per heavy atom. The van der Waals surface area contributed by atoms with Gasteiger partial charge in [-0.25, -0.2) is 9.97 Å². The van der Waals surface area contributed by atoms with Crippen molar-refractivity contribution in [1.29, 1.82) is 0 Å². The van der Waals surface area contributed by atoms with E-state index >= 15 is 0 Å². The van der Waals surface area contributed by atoms with Crippen LogP contribution in [0, 0.1) is 5.92 Å². The lowest BCUT2D eigenvalue weighted by Gasteiger charge is -2.35. The summed E-state index contributed by atoms with van der Waals surface area (Å²) in [5.74, 6) is 1.02. The Balaban J connectivity index is 1.56. The quantitative estimate of drug-likeness (QED) is 0.801. The van der Waals surface area contributed by atoms with Crippen LogP contribution in [0.2, 0.25) is 0 Å². The number of piperazine rings is 1. The highest BCUT2D eigenvalue weighted by atomic mass is 79.9. The van der Waals surface area contributed by atoms with E-state index in [4.69, 9.17) is 4.74 Å². The van der Waals surface area contributed by atoms with Gasteiger partial charge in [-0.05, 0) is 22.4 Å². The fourth-order valence-corrected chi connectivity index (χ4v) is 2.79. The first kappa shape index (κ1) is 13.8. The van der Waals surface area contributed by atoms with Crippen LogP contribution < -0.4 is 4.90 Å². The molecule has 20 heavy (non-hydrogen) atoms. The van der Waals surface area contributed by atoms with Gasteiger partial charge in [0.15, 0.2) is 0 Å². The molecule has 0 radical (unpaired) electrons. The van der Waals surface area contributed by atoms with Crippen molar-refractivity contribution in [3.05, 3.63) is 16.9 Å². The summed E-state index contributed by atoms with van der Waals surface area (Å²) in [5.41, 5.74) is 0. The molecular formula is C13H17BrN4O2. The van der Waals surface area contributed by atoms with Gasteiger partial charge in [0.1, 0.15) is 0 Å². The van der Waals surface area contributed by atoms with Gasteiger partial charge in [0.2, 0.25) is 11.9 Å². The van der Waals surface area contributed by atoms with Crippen molar-refractivity contribution in [2.45, 2.75) is 6.42 Å². The van der Waals surface area contributed by atoms with Gasteiger partial charge in [0.25, 0.3) is 0 Å². The first-order chi connectivity index (χ1) is 9.74. The molecule has 1 aromatic heterocycles. The van der Waals surface area contributed by atoms with E-state index in [1.165, 1.54) is 0 Å². The lowest BCUT2D eigenvalue weighted by Crippen LogP contribution is -2.51. The molecule has 0 aromatic carbocycles. The largest absolute Gasteiger partial charge is 0.381 e. The van der Waals surface area contributed by atoms with E-state index in [-0.39, 0.29) is 11.8 Å². The third-order valence-electron chi connectivity index (χ3n) is 3.76. The summed E-state index contributed by atoms with van der Waals surface area (Å²) in [5, 5.41) is 0. The molecule has 0 unspecified atom stereocenters. The van der Waals surface area contributed by atoms with Gasteiger partial charge in [0, 0.05) is 45.2 Å². The average molecular weight is 341 g/mol. The molecule has 7 heteroatoms. The highest BCUT2D eigenvalue weighted by molar-refractivity contribution is 9.10. The number of carbonyl (C=O) groups is 1. The maximum atomic E-state index is 12.3. The van der Waals surface area contributed by atoms with Gasteiger partial charge in [-0.3, -0.25) is 4.79 Å². The number of hydrogen-bond acceptors (Lipinski definition) is 5. The Labute approximate surface area is 126 Å². The summed E-state index contributed by atoms with van der Waals surface area (Å²) < 4.78 is 6.16. The Morgan fingerprint density at radius 3 is 2.55 bits per heavy atom. The highest BCUT2D eigenvalue weighted by Crippen LogP contribution is 2.18. The number of aromatic nitrogens is 2. The molecule has 3 rings (SSSR count). The topological polar surface area (TPSA) is 58.6 Å². The third-order valence-corrected chi connectivity index (χ3v) is 4.17. The number of ether oxygens (including phenoxy) is 1. The van der Waals surface area contributed by atoms with E-state index in [0.717, 1.165) is 43.0 Å². The molecule has 108 valence electrons. The fraction of sp³-hybridized carbons (Fsp3) is 0.615. The van der Waals surface area contributed by atoms with E-state index in [1.807, 2.05) is 4.90 Å². The van der Waals surface area contributed by atoms with E-state index in [9.17, 15) is 4.79 Å². The smallest absolute Gasteiger partial charge is 0.228 e. The minimum Gasteiger partial charge on any atom is -0.381 e. The van der Waals surface area contributed by atoms with Crippen LogP contribution in [0.25, 0.3) is 0 Å². The second kappa shape index (κ2) is 6.05. The number of amides is 1. The minimum absolute atomic E-state index is 0.0606. The first-order valence-electron chi connectivity index (χ1n) is 6.83. The van der Waals surface area contributed by atoms with Gasteiger partial charge in [-0.2, -0.15) is 0 Å². The summed E-state index contributed by atoms with van der Waals surface area (Å²) in [6.07, 6.45) is 4.35. The fourth-order valence-electron chi connectivity index (χ4n) is 2.58.